The zero-order valence-corrected chi connectivity index (χ0v) is 15.1. The average molecular weight is 370 g/mol. The molecule has 0 radical (unpaired) electrons. The maximum Gasteiger partial charge on any atom is 0.410 e. The first-order chi connectivity index (χ1) is 13.0. The summed E-state index contributed by atoms with van der Waals surface area (Å²) in [6.45, 7) is 2.60. The van der Waals surface area contributed by atoms with Gasteiger partial charge in [-0.3, -0.25) is 0 Å². The number of fused-ring (bicyclic) bond motifs is 1. The molecule has 7 nitrogen and oxygen atoms in total. The summed E-state index contributed by atoms with van der Waals surface area (Å²) in [6, 6.07) is 6.10. The normalized spacial score (nSPS) is 12.9. The Hall–Kier alpha value is -3.34. The van der Waals surface area contributed by atoms with Gasteiger partial charge in [0.2, 0.25) is 0 Å². The third-order valence-electron chi connectivity index (χ3n) is 4.45. The lowest BCUT2D eigenvalue weighted by molar-refractivity contribution is 0.102. The molecule has 0 aliphatic carbocycles. The van der Waals surface area contributed by atoms with Crippen molar-refractivity contribution in [3.63, 3.8) is 0 Å². The first-order valence-electron chi connectivity index (χ1n) is 8.47. The van der Waals surface area contributed by atoms with Crippen LogP contribution in [0.1, 0.15) is 23.7 Å². The van der Waals surface area contributed by atoms with Gasteiger partial charge in [-0.2, -0.15) is 5.26 Å². The quantitative estimate of drug-likeness (QED) is 0.891. The molecule has 0 atom stereocenters. The molecule has 1 amide bonds. The van der Waals surface area contributed by atoms with Gasteiger partial charge in [0.15, 0.2) is 0 Å². The number of nitrogens with zero attached hydrogens (tertiary/aromatic N) is 3. The Morgan fingerprint density at radius 3 is 2.93 bits per heavy atom. The van der Waals surface area contributed by atoms with Crippen molar-refractivity contribution in [2.75, 3.05) is 26.0 Å². The first-order valence-corrected chi connectivity index (χ1v) is 8.47. The Morgan fingerprint density at radius 1 is 1.48 bits per heavy atom. The van der Waals surface area contributed by atoms with Gasteiger partial charge in [0, 0.05) is 29.7 Å². The van der Waals surface area contributed by atoms with Gasteiger partial charge in [0.25, 0.3) is 0 Å². The van der Waals surface area contributed by atoms with E-state index in [1.807, 2.05) is 0 Å². The van der Waals surface area contributed by atoms with E-state index in [2.05, 4.69) is 11.1 Å². The number of benzene rings is 1. The number of rotatable bonds is 3. The van der Waals surface area contributed by atoms with Gasteiger partial charge in [-0.15, -0.1) is 0 Å². The highest BCUT2D eigenvalue weighted by molar-refractivity contribution is 5.83. The van der Waals surface area contributed by atoms with E-state index >= 15 is 0 Å². The zero-order valence-electron chi connectivity index (χ0n) is 15.1. The van der Waals surface area contributed by atoms with Crippen LogP contribution in [0, 0.1) is 17.1 Å². The summed E-state index contributed by atoms with van der Waals surface area (Å²) in [7, 11) is 1.46. The molecule has 0 unspecified atom stereocenters. The molecule has 0 fully saturated rings. The van der Waals surface area contributed by atoms with Crippen molar-refractivity contribution in [1.29, 1.82) is 5.26 Å². The highest BCUT2D eigenvalue weighted by Crippen LogP contribution is 2.40. The lowest BCUT2D eigenvalue weighted by Crippen LogP contribution is -2.37. The van der Waals surface area contributed by atoms with E-state index in [4.69, 9.17) is 15.2 Å². The van der Waals surface area contributed by atoms with E-state index in [-0.39, 0.29) is 24.5 Å². The van der Waals surface area contributed by atoms with Gasteiger partial charge in [-0.05, 0) is 25.1 Å². The second-order valence-electron chi connectivity index (χ2n) is 6.00. The third kappa shape index (κ3) is 3.36. The number of hydrogen-bond acceptors (Lipinski definition) is 6. The van der Waals surface area contributed by atoms with Crippen molar-refractivity contribution >= 4 is 11.9 Å². The van der Waals surface area contributed by atoms with Crippen LogP contribution >= 0.6 is 0 Å². The van der Waals surface area contributed by atoms with E-state index in [9.17, 15) is 14.4 Å². The predicted molar refractivity (Wildman–Crippen MR) is 96.4 cm³/mol. The number of methoxy groups -OCH3 is 1. The minimum atomic E-state index is -0.475. The Morgan fingerprint density at radius 2 is 2.26 bits per heavy atom. The summed E-state index contributed by atoms with van der Waals surface area (Å²) in [4.78, 5) is 18.0. The number of ether oxygens (including phenoxy) is 2. The van der Waals surface area contributed by atoms with Crippen LogP contribution in [0.5, 0.6) is 5.75 Å². The number of halogens is 1. The van der Waals surface area contributed by atoms with Gasteiger partial charge in [-0.25, -0.2) is 14.2 Å². The molecule has 1 aromatic heterocycles. The summed E-state index contributed by atoms with van der Waals surface area (Å²) in [5.74, 6) is -0.00649. The predicted octanol–water partition coefficient (Wildman–Crippen LogP) is 2.86. The number of aromatic nitrogens is 1. The Labute approximate surface area is 156 Å². The fraction of sp³-hybridized carbons (Fsp3) is 0.316. The zero-order chi connectivity index (χ0) is 19.6. The van der Waals surface area contributed by atoms with Gasteiger partial charge in [0.05, 0.1) is 26.0 Å². The molecule has 0 bridgehead atoms. The van der Waals surface area contributed by atoms with Crippen LogP contribution in [0.25, 0.3) is 11.1 Å². The Balaban J connectivity index is 2.23. The molecule has 1 aliphatic rings. The highest BCUT2D eigenvalue weighted by atomic mass is 19.1. The number of carbonyl (C=O) groups is 1. The van der Waals surface area contributed by atoms with Crippen molar-refractivity contribution < 1.29 is 18.7 Å². The number of nitriles is 1. The van der Waals surface area contributed by atoms with Gasteiger partial charge >= 0.3 is 6.09 Å². The van der Waals surface area contributed by atoms with Crippen LogP contribution in [0.4, 0.5) is 15.0 Å². The van der Waals surface area contributed by atoms with Crippen LogP contribution < -0.4 is 10.5 Å². The number of hydrogen-bond donors (Lipinski definition) is 1. The smallest absolute Gasteiger partial charge is 0.410 e. The minimum Gasteiger partial charge on any atom is -0.496 e. The minimum absolute atomic E-state index is 0.0714. The molecule has 1 aromatic carbocycles. The summed E-state index contributed by atoms with van der Waals surface area (Å²) in [5.41, 5.74) is 8.27. The maximum atomic E-state index is 14.0. The topological polar surface area (TPSA) is 101 Å². The Kier molecular flexibility index (Phi) is 5.12. The molecular formula is C19H19FN4O3. The van der Waals surface area contributed by atoms with Gasteiger partial charge < -0.3 is 20.1 Å². The number of nitrogens with two attached hydrogens (primary N) is 1. The molecule has 27 heavy (non-hydrogen) atoms. The van der Waals surface area contributed by atoms with E-state index in [1.165, 1.54) is 30.2 Å². The molecule has 2 aromatic rings. The van der Waals surface area contributed by atoms with Crippen LogP contribution in [0.2, 0.25) is 0 Å². The van der Waals surface area contributed by atoms with Crippen molar-refractivity contribution in [2.45, 2.75) is 19.9 Å². The SMILES string of the molecule is CCOC(=O)N1CCc2nc(N)c(C#N)c(-c3cc(F)ccc3OC)c2C1. The summed E-state index contributed by atoms with van der Waals surface area (Å²) in [6.07, 6.45) is 0.00458. The fourth-order valence-corrected chi connectivity index (χ4v) is 3.24. The molecule has 0 spiro atoms. The van der Waals surface area contributed by atoms with Crippen molar-refractivity contribution in [3.05, 3.63) is 40.8 Å². The molecule has 0 saturated heterocycles. The highest BCUT2D eigenvalue weighted by Gasteiger charge is 2.29. The van der Waals surface area contributed by atoms with E-state index in [0.717, 1.165) is 0 Å². The molecule has 8 heteroatoms. The maximum absolute atomic E-state index is 14.0. The number of anilines is 1. The Bertz CT molecular complexity index is 940. The molecule has 3 rings (SSSR count). The number of pyridine rings is 1. The van der Waals surface area contributed by atoms with Crippen LogP contribution in [-0.2, 0) is 17.7 Å². The van der Waals surface area contributed by atoms with Gasteiger partial charge in [0.1, 0.15) is 29.0 Å². The standard InChI is InChI=1S/C19H19FN4O3/c1-3-27-19(25)24-7-6-15-14(10-24)17(13(9-21)18(22)23-15)12-8-11(20)4-5-16(12)26-2/h4-5,8H,3,6-7,10H2,1-2H3,(H2,22,23). The molecule has 1 aliphatic heterocycles. The number of amides is 1. The van der Waals surface area contributed by atoms with Crippen LogP contribution in [-0.4, -0.2) is 36.2 Å². The first kappa shape index (κ1) is 18.5. The van der Waals surface area contributed by atoms with Crippen molar-refractivity contribution in [1.82, 2.24) is 9.88 Å². The summed E-state index contributed by atoms with van der Waals surface area (Å²) < 4.78 is 24.4. The molecule has 2 N–H and O–H groups in total. The summed E-state index contributed by atoms with van der Waals surface area (Å²) >= 11 is 0. The monoisotopic (exact) mass is 370 g/mol. The van der Waals surface area contributed by atoms with E-state index < -0.39 is 11.9 Å². The van der Waals surface area contributed by atoms with Crippen molar-refractivity contribution in [3.8, 4) is 22.9 Å². The summed E-state index contributed by atoms with van der Waals surface area (Å²) in [5, 5.41) is 9.64. The second kappa shape index (κ2) is 7.50. The average Bonchev–Trinajstić information content (AvgIpc) is 2.66. The third-order valence-corrected chi connectivity index (χ3v) is 4.45. The number of carbonyl (C=O) groups excluding carboxylic acids is 1. The molecular weight excluding hydrogens is 351 g/mol. The largest absolute Gasteiger partial charge is 0.496 e. The second-order valence-corrected chi connectivity index (χ2v) is 6.00. The van der Waals surface area contributed by atoms with Crippen LogP contribution in [0.15, 0.2) is 18.2 Å². The lowest BCUT2D eigenvalue weighted by Gasteiger charge is -2.30. The van der Waals surface area contributed by atoms with Crippen molar-refractivity contribution in [2.24, 2.45) is 0 Å². The fourth-order valence-electron chi connectivity index (χ4n) is 3.24. The molecule has 140 valence electrons. The molecule has 0 saturated carbocycles. The van der Waals surface area contributed by atoms with Gasteiger partial charge in [-0.1, -0.05) is 0 Å². The van der Waals surface area contributed by atoms with E-state index in [1.54, 1.807) is 6.92 Å². The van der Waals surface area contributed by atoms with E-state index in [0.29, 0.717) is 41.1 Å². The van der Waals surface area contributed by atoms with Crippen LogP contribution in [0.3, 0.4) is 0 Å². The lowest BCUT2D eigenvalue weighted by atomic mass is 9.90. The number of nitrogen functional groups attached to an aromatic ring is 1. The molecule has 2 heterocycles.